The van der Waals surface area contributed by atoms with Crippen LogP contribution in [-0.4, -0.2) is 61.2 Å². The van der Waals surface area contributed by atoms with Crippen molar-refractivity contribution in [3.8, 4) is 0 Å². The molecule has 0 fully saturated rings. The summed E-state index contributed by atoms with van der Waals surface area (Å²) in [5.41, 5.74) is 0. The summed E-state index contributed by atoms with van der Waals surface area (Å²) in [5, 5.41) is 0. The monoisotopic (exact) mass is 348 g/mol. The summed E-state index contributed by atoms with van der Waals surface area (Å²) >= 11 is 0. The van der Waals surface area contributed by atoms with Gasteiger partial charge in [0, 0.05) is 0 Å². The van der Waals surface area contributed by atoms with Gasteiger partial charge < -0.3 is 4.74 Å². The molecule has 1 unspecified atom stereocenters. The Morgan fingerprint density at radius 3 is 1.95 bits per heavy atom. The fourth-order valence-corrected chi connectivity index (χ4v) is 2.43. The maximum atomic E-state index is 11.5. The molecule has 0 heterocycles. The molecule has 0 radical (unpaired) electrons. The van der Waals surface area contributed by atoms with Crippen molar-refractivity contribution in [3.63, 3.8) is 0 Å². The normalized spacial score (nSPS) is 12.5. The molecule has 0 bridgehead atoms. The Labute approximate surface area is 156 Å². The van der Waals surface area contributed by atoms with Crippen LogP contribution in [0.3, 0.4) is 0 Å². The van der Waals surface area contributed by atoms with Crippen molar-refractivity contribution in [1.29, 1.82) is 0 Å². The number of esters is 1. The summed E-state index contributed by atoms with van der Waals surface area (Å²) < 4.78 is 38.8. The van der Waals surface area contributed by atoms with E-state index in [1.807, 2.05) is 0 Å². The van der Waals surface area contributed by atoms with E-state index in [2.05, 4.69) is 11.1 Å². The Morgan fingerprint density at radius 2 is 1.50 bits per heavy atom. The Kier molecular flexibility index (Phi) is 16.7. The molecule has 0 aliphatic rings. The van der Waals surface area contributed by atoms with Crippen molar-refractivity contribution in [2.45, 2.75) is 77.7 Å². The van der Waals surface area contributed by atoms with Crippen molar-refractivity contribution in [1.82, 2.24) is 0 Å². The first-order chi connectivity index (χ1) is 9.90. The van der Waals surface area contributed by atoms with Crippen molar-refractivity contribution in [2.24, 2.45) is 0 Å². The fraction of sp³-hybridized carbons (Fsp3) is 0.929. The number of unbranched alkanes of at least 4 members (excludes halogenated alkanes) is 7. The third-order valence-corrected chi connectivity index (χ3v) is 3.59. The summed E-state index contributed by atoms with van der Waals surface area (Å²) in [6.07, 6.45) is 7.92. The van der Waals surface area contributed by atoms with Crippen molar-refractivity contribution in [2.75, 3.05) is 6.61 Å². The SMILES string of the molecule is CCCCCCCCCCOC(=O)C(CC)OS(=O)(=O)O.[NaH]. The minimum absolute atomic E-state index is 0. The number of ether oxygens (including phenoxy) is 1. The molecule has 1 atom stereocenters. The molecule has 0 saturated carbocycles. The van der Waals surface area contributed by atoms with Gasteiger partial charge in [0.1, 0.15) is 0 Å². The average Bonchev–Trinajstić information content (AvgIpc) is 2.41. The Bertz CT molecular complexity index is 372. The number of rotatable bonds is 13. The third-order valence-electron chi connectivity index (χ3n) is 3.11. The first kappa shape index (κ1) is 24.6. The van der Waals surface area contributed by atoms with E-state index in [-0.39, 0.29) is 42.6 Å². The Hall–Kier alpha value is 0.340. The molecule has 0 amide bonds. The Morgan fingerprint density at radius 1 is 1.00 bits per heavy atom. The number of hydrogen-bond acceptors (Lipinski definition) is 5. The average molecular weight is 348 g/mol. The van der Waals surface area contributed by atoms with E-state index in [1.54, 1.807) is 6.92 Å². The summed E-state index contributed by atoms with van der Waals surface area (Å²) in [5.74, 6) is -0.752. The van der Waals surface area contributed by atoms with Crippen LogP contribution >= 0.6 is 0 Å². The van der Waals surface area contributed by atoms with Gasteiger partial charge in [-0.2, -0.15) is 8.42 Å². The quantitative estimate of drug-likeness (QED) is 0.238. The molecule has 0 aliphatic carbocycles. The zero-order valence-electron chi connectivity index (χ0n) is 13.0. The summed E-state index contributed by atoms with van der Waals surface area (Å²) in [4.78, 5) is 11.5. The molecule has 0 spiro atoms. The van der Waals surface area contributed by atoms with Gasteiger partial charge in [-0.25, -0.2) is 8.98 Å². The molecular formula is C14H29NaO6S. The van der Waals surface area contributed by atoms with Gasteiger partial charge in [-0.3, -0.25) is 4.55 Å². The van der Waals surface area contributed by atoms with E-state index >= 15 is 0 Å². The van der Waals surface area contributed by atoms with Crippen LogP contribution in [0.5, 0.6) is 0 Å². The molecule has 128 valence electrons. The van der Waals surface area contributed by atoms with E-state index < -0.39 is 22.5 Å². The summed E-state index contributed by atoms with van der Waals surface area (Å²) in [7, 11) is -4.63. The molecule has 1 N–H and O–H groups in total. The maximum absolute atomic E-state index is 11.5. The van der Waals surface area contributed by atoms with E-state index in [1.165, 1.54) is 32.1 Å². The second-order valence-corrected chi connectivity index (χ2v) is 6.11. The molecular weight excluding hydrogens is 319 g/mol. The fourth-order valence-electron chi connectivity index (χ4n) is 1.92. The van der Waals surface area contributed by atoms with Gasteiger partial charge in [0.25, 0.3) is 0 Å². The predicted molar refractivity (Wildman–Crippen MR) is 87.4 cm³/mol. The van der Waals surface area contributed by atoms with Crippen molar-refractivity contribution < 1.29 is 26.7 Å². The molecule has 0 rings (SSSR count). The van der Waals surface area contributed by atoms with E-state index in [4.69, 9.17) is 9.29 Å². The number of carbonyl (C=O) groups excluding carboxylic acids is 1. The van der Waals surface area contributed by atoms with Gasteiger partial charge in [0.2, 0.25) is 0 Å². The van der Waals surface area contributed by atoms with E-state index in [0.29, 0.717) is 0 Å². The molecule has 22 heavy (non-hydrogen) atoms. The van der Waals surface area contributed by atoms with Gasteiger partial charge in [0.15, 0.2) is 6.10 Å². The van der Waals surface area contributed by atoms with Gasteiger partial charge in [-0.05, 0) is 12.8 Å². The molecule has 0 aromatic carbocycles. The van der Waals surface area contributed by atoms with Gasteiger partial charge >= 0.3 is 45.9 Å². The molecule has 8 heteroatoms. The van der Waals surface area contributed by atoms with Gasteiger partial charge in [0.05, 0.1) is 6.61 Å². The van der Waals surface area contributed by atoms with E-state index in [0.717, 1.165) is 19.3 Å². The van der Waals surface area contributed by atoms with Gasteiger partial charge in [-0.1, -0.05) is 58.8 Å². The van der Waals surface area contributed by atoms with Crippen LogP contribution in [0.25, 0.3) is 0 Å². The standard InChI is InChI=1S/C14H28O6S.Na.H/c1-3-5-6-7-8-9-10-11-12-19-14(15)13(4-2)20-21(16,17)18;;/h13H,3-12H2,1-2H3,(H,16,17,18);;. The van der Waals surface area contributed by atoms with E-state index in [9.17, 15) is 13.2 Å². The number of carbonyl (C=O) groups is 1. The summed E-state index contributed by atoms with van der Waals surface area (Å²) in [6, 6.07) is 0. The number of hydrogen-bond donors (Lipinski definition) is 1. The molecule has 0 aliphatic heterocycles. The molecule has 0 aromatic rings. The summed E-state index contributed by atoms with van der Waals surface area (Å²) in [6.45, 7) is 4.01. The first-order valence-corrected chi connectivity index (χ1v) is 9.09. The van der Waals surface area contributed by atoms with Crippen LogP contribution in [0, 0.1) is 0 Å². The minimum atomic E-state index is -4.63. The Balaban J connectivity index is 0. The topological polar surface area (TPSA) is 89.9 Å². The van der Waals surface area contributed by atoms with Crippen LogP contribution in [0.15, 0.2) is 0 Å². The van der Waals surface area contributed by atoms with Crippen LogP contribution in [0.4, 0.5) is 0 Å². The molecule has 0 aromatic heterocycles. The van der Waals surface area contributed by atoms with Crippen molar-refractivity contribution >= 4 is 45.9 Å². The third kappa shape index (κ3) is 15.2. The van der Waals surface area contributed by atoms with Crippen LogP contribution in [-0.2, 0) is 24.1 Å². The second kappa shape index (κ2) is 14.9. The second-order valence-electron chi connectivity index (χ2n) is 5.06. The predicted octanol–water partition coefficient (Wildman–Crippen LogP) is 2.62. The van der Waals surface area contributed by atoms with Crippen LogP contribution < -0.4 is 0 Å². The zero-order valence-corrected chi connectivity index (χ0v) is 13.9. The van der Waals surface area contributed by atoms with Gasteiger partial charge in [-0.15, -0.1) is 0 Å². The zero-order chi connectivity index (χ0) is 16.1. The van der Waals surface area contributed by atoms with Crippen LogP contribution in [0.1, 0.15) is 71.6 Å². The van der Waals surface area contributed by atoms with Crippen molar-refractivity contribution in [3.05, 3.63) is 0 Å². The van der Waals surface area contributed by atoms with Crippen LogP contribution in [0.2, 0.25) is 0 Å². The first-order valence-electron chi connectivity index (χ1n) is 7.73. The molecule has 0 saturated heterocycles. The molecule has 6 nitrogen and oxygen atoms in total.